The lowest BCUT2D eigenvalue weighted by Gasteiger charge is -2.19. The molecule has 3 aromatic rings. The van der Waals surface area contributed by atoms with Gasteiger partial charge in [0.2, 0.25) is 6.10 Å². The van der Waals surface area contributed by atoms with Gasteiger partial charge >= 0.3 is 11.6 Å². The van der Waals surface area contributed by atoms with Crippen molar-refractivity contribution < 1.29 is 18.7 Å². The summed E-state index contributed by atoms with van der Waals surface area (Å²) < 4.78 is 16.4. The quantitative estimate of drug-likeness (QED) is 0.514. The van der Waals surface area contributed by atoms with Gasteiger partial charge in [0.15, 0.2) is 0 Å². The molecule has 3 rings (SSSR count). The SMILES string of the molecule is CCc1cc(=O)oc2cc(C)cc(O[C@H](C(=O)OC)c3ccccc3)c12. The number of aryl methyl sites for hydroxylation is 2. The van der Waals surface area contributed by atoms with Gasteiger partial charge < -0.3 is 13.9 Å². The first-order chi connectivity index (χ1) is 12.5. The van der Waals surface area contributed by atoms with Gasteiger partial charge in [0.05, 0.1) is 12.5 Å². The molecule has 0 unspecified atom stereocenters. The second-order valence-corrected chi connectivity index (χ2v) is 6.01. The minimum absolute atomic E-state index is 0.404. The molecule has 0 spiro atoms. The van der Waals surface area contributed by atoms with Crippen LogP contribution in [0.2, 0.25) is 0 Å². The third-order valence-corrected chi connectivity index (χ3v) is 4.18. The van der Waals surface area contributed by atoms with E-state index in [0.717, 1.165) is 11.1 Å². The third-order valence-electron chi connectivity index (χ3n) is 4.18. The van der Waals surface area contributed by atoms with Gasteiger partial charge in [-0.3, -0.25) is 0 Å². The van der Waals surface area contributed by atoms with Crippen molar-refractivity contribution in [2.45, 2.75) is 26.4 Å². The zero-order chi connectivity index (χ0) is 18.7. The summed E-state index contributed by atoms with van der Waals surface area (Å²) in [6.07, 6.45) is -0.279. The van der Waals surface area contributed by atoms with E-state index in [1.165, 1.54) is 13.2 Å². The molecule has 0 bridgehead atoms. The Morgan fingerprint density at radius 2 is 1.88 bits per heavy atom. The molecule has 134 valence electrons. The Balaban J connectivity index is 2.17. The Labute approximate surface area is 151 Å². The van der Waals surface area contributed by atoms with E-state index < -0.39 is 17.7 Å². The molecule has 0 radical (unpaired) electrons. The summed E-state index contributed by atoms with van der Waals surface area (Å²) in [6, 6.07) is 14.2. The van der Waals surface area contributed by atoms with Crippen molar-refractivity contribution in [2.75, 3.05) is 7.11 Å². The predicted molar refractivity (Wildman–Crippen MR) is 98.4 cm³/mol. The topological polar surface area (TPSA) is 65.7 Å². The number of carbonyl (C=O) groups is 1. The summed E-state index contributed by atoms with van der Waals surface area (Å²) >= 11 is 0. The molecule has 0 aliphatic carbocycles. The van der Waals surface area contributed by atoms with Crippen LogP contribution in [0, 0.1) is 6.92 Å². The highest BCUT2D eigenvalue weighted by molar-refractivity contribution is 5.88. The summed E-state index contributed by atoms with van der Waals surface area (Å²) in [4.78, 5) is 24.1. The monoisotopic (exact) mass is 352 g/mol. The van der Waals surface area contributed by atoms with Crippen molar-refractivity contribution in [1.29, 1.82) is 0 Å². The van der Waals surface area contributed by atoms with Crippen LogP contribution in [0.1, 0.15) is 29.7 Å². The maximum Gasteiger partial charge on any atom is 0.351 e. The van der Waals surface area contributed by atoms with Gasteiger partial charge in [-0.25, -0.2) is 9.59 Å². The van der Waals surface area contributed by atoms with E-state index >= 15 is 0 Å². The van der Waals surface area contributed by atoms with Crippen LogP contribution >= 0.6 is 0 Å². The van der Waals surface area contributed by atoms with Gasteiger partial charge in [-0.05, 0) is 36.6 Å². The smallest absolute Gasteiger partial charge is 0.351 e. The maximum atomic E-state index is 12.3. The molecule has 0 amide bonds. The van der Waals surface area contributed by atoms with Crippen molar-refractivity contribution >= 4 is 16.9 Å². The second kappa shape index (κ2) is 7.44. The fraction of sp³-hybridized carbons (Fsp3) is 0.238. The molecule has 1 heterocycles. The molecule has 0 aliphatic rings. The lowest BCUT2D eigenvalue weighted by molar-refractivity contribution is -0.149. The number of rotatable bonds is 5. The number of esters is 1. The van der Waals surface area contributed by atoms with E-state index in [0.29, 0.717) is 28.7 Å². The van der Waals surface area contributed by atoms with Crippen molar-refractivity contribution in [3.63, 3.8) is 0 Å². The number of hydrogen-bond acceptors (Lipinski definition) is 5. The summed E-state index contributed by atoms with van der Waals surface area (Å²) in [5, 5.41) is 0.697. The highest BCUT2D eigenvalue weighted by Crippen LogP contribution is 2.33. The van der Waals surface area contributed by atoms with Crippen LogP contribution in [-0.4, -0.2) is 13.1 Å². The van der Waals surface area contributed by atoms with Crippen molar-refractivity contribution in [3.05, 3.63) is 75.6 Å². The molecule has 0 N–H and O–H groups in total. The number of hydrogen-bond donors (Lipinski definition) is 0. The van der Waals surface area contributed by atoms with Gasteiger partial charge in [-0.15, -0.1) is 0 Å². The van der Waals surface area contributed by atoms with Crippen molar-refractivity contribution in [1.82, 2.24) is 0 Å². The fourth-order valence-electron chi connectivity index (χ4n) is 2.96. The number of benzene rings is 2. The summed E-state index contributed by atoms with van der Waals surface area (Å²) in [6.45, 7) is 3.83. The van der Waals surface area contributed by atoms with Crippen LogP contribution in [0.5, 0.6) is 5.75 Å². The first kappa shape index (κ1) is 17.7. The van der Waals surface area contributed by atoms with E-state index in [1.807, 2.05) is 38.1 Å². The molecule has 26 heavy (non-hydrogen) atoms. The van der Waals surface area contributed by atoms with Crippen molar-refractivity contribution in [3.8, 4) is 5.75 Å². The van der Waals surface area contributed by atoms with Crippen LogP contribution < -0.4 is 10.4 Å². The number of methoxy groups -OCH3 is 1. The fourth-order valence-corrected chi connectivity index (χ4v) is 2.96. The second-order valence-electron chi connectivity index (χ2n) is 6.01. The predicted octanol–water partition coefficient (Wildman–Crippen LogP) is 3.96. The Morgan fingerprint density at radius 3 is 2.54 bits per heavy atom. The molecule has 0 saturated heterocycles. The summed E-state index contributed by atoms with van der Waals surface area (Å²) in [5.41, 5.74) is 2.40. The minimum atomic E-state index is -0.914. The molecule has 2 aromatic carbocycles. The lowest BCUT2D eigenvalue weighted by Crippen LogP contribution is -2.20. The molecule has 5 nitrogen and oxygen atoms in total. The largest absolute Gasteiger partial charge is 0.473 e. The van der Waals surface area contributed by atoms with Crippen LogP contribution in [-0.2, 0) is 16.0 Å². The van der Waals surface area contributed by atoms with Crippen LogP contribution in [0.4, 0.5) is 0 Å². The van der Waals surface area contributed by atoms with E-state index in [1.54, 1.807) is 18.2 Å². The zero-order valence-corrected chi connectivity index (χ0v) is 14.9. The Bertz CT molecular complexity index is 988. The van der Waals surface area contributed by atoms with Gasteiger partial charge in [-0.2, -0.15) is 0 Å². The zero-order valence-electron chi connectivity index (χ0n) is 14.9. The number of fused-ring (bicyclic) bond motifs is 1. The Morgan fingerprint density at radius 1 is 1.15 bits per heavy atom. The molecule has 1 atom stereocenters. The minimum Gasteiger partial charge on any atom is -0.473 e. The van der Waals surface area contributed by atoms with Crippen molar-refractivity contribution in [2.24, 2.45) is 0 Å². The van der Waals surface area contributed by atoms with Gasteiger partial charge in [0.25, 0.3) is 0 Å². The highest BCUT2D eigenvalue weighted by atomic mass is 16.6. The summed E-state index contributed by atoms with van der Waals surface area (Å²) in [5.74, 6) is -0.0128. The average molecular weight is 352 g/mol. The number of ether oxygens (including phenoxy) is 2. The molecule has 0 aliphatic heterocycles. The first-order valence-corrected chi connectivity index (χ1v) is 8.40. The normalized spacial score (nSPS) is 12.0. The van der Waals surface area contributed by atoms with Crippen LogP contribution in [0.25, 0.3) is 11.0 Å². The molecule has 0 fully saturated rings. The third kappa shape index (κ3) is 3.47. The van der Waals surface area contributed by atoms with E-state index in [9.17, 15) is 9.59 Å². The maximum absolute atomic E-state index is 12.3. The number of carbonyl (C=O) groups excluding carboxylic acids is 1. The van der Waals surface area contributed by atoms with Crippen LogP contribution in [0.3, 0.4) is 0 Å². The van der Waals surface area contributed by atoms with Gasteiger partial charge in [0.1, 0.15) is 11.3 Å². The van der Waals surface area contributed by atoms with Gasteiger partial charge in [-0.1, -0.05) is 37.3 Å². The standard InChI is InChI=1S/C21H20O5/c1-4-14-12-18(22)25-16-10-13(2)11-17(19(14)16)26-20(21(23)24-3)15-8-6-5-7-9-15/h5-12,20H,4H2,1-3H3/t20-/m0/s1. The first-order valence-electron chi connectivity index (χ1n) is 8.40. The highest BCUT2D eigenvalue weighted by Gasteiger charge is 2.25. The van der Waals surface area contributed by atoms with E-state index in [4.69, 9.17) is 13.9 Å². The average Bonchev–Trinajstić information content (AvgIpc) is 2.64. The van der Waals surface area contributed by atoms with Crippen LogP contribution in [0.15, 0.2) is 57.7 Å². The Hall–Kier alpha value is -3.08. The Kier molecular flexibility index (Phi) is 5.07. The molecule has 0 saturated carbocycles. The van der Waals surface area contributed by atoms with Gasteiger partial charge in [0, 0.05) is 11.6 Å². The molecular weight excluding hydrogens is 332 g/mol. The molecular formula is C21H20O5. The lowest BCUT2D eigenvalue weighted by atomic mass is 10.0. The molecule has 5 heteroatoms. The van der Waals surface area contributed by atoms with E-state index in [-0.39, 0.29) is 0 Å². The molecule has 1 aromatic heterocycles. The van der Waals surface area contributed by atoms with E-state index in [2.05, 4.69) is 0 Å². The summed E-state index contributed by atoms with van der Waals surface area (Å²) in [7, 11) is 1.33.